The van der Waals surface area contributed by atoms with Crippen LogP contribution in [-0.2, 0) is 6.54 Å². The maximum absolute atomic E-state index is 5.91. The van der Waals surface area contributed by atoms with Crippen LogP contribution in [0.2, 0.25) is 0 Å². The van der Waals surface area contributed by atoms with Gasteiger partial charge in [-0.3, -0.25) is 4.90 Å². The number of hydrogen-bond acceptors (Lipinski definition) is 3. The van der Waals surface area contributed by atoms with Gasteiger partial charge in [0, 0.05) is 5.39 Å². The van der Waals surface area contributed by atoms with E-state index in [1.165, 1.54) is 37.9 Å². The molecule has 1 saturated heterocycles. The molecule has 1 aromatic heterocycles. The predicted octanol–water partition coefficient (Wildman–Crippen LogP) is 3.25. The van der Waals surface area contributed by atoms with Crippen LogP contribution < -0.4 is 5.32 Å². The van der Waals surface area contributed by atoms with Gasteiger partial charge in [0.2, 0.25) is 0 Å². The highest BCUT2D eigenvalue weighted by Gasteiger charge is 2.19. The molecule has 20 heavy (non-hydrogen) atoms. The maximum atomic E-state index is 5.91. The molecule has 0 radical (unpaired) electrons. The molecule has 0 aliphatic carbocycles. The van der Waals surface area contributed by atoms with E-state index in [2.05, 4.69) is 35.3 Å². The molecule has 108 valence electrons. The molecule has 1 N–H and O–H groups in total. The highest BCUT2D eigenvalue weighted by molar-refractivity contribution is 5.77. The minimum Gasteiger partial charge on any atom is -0.460 e. The van der Waals surface area contributed by atoms with Gasteiger partial charge in [-0.1, -0.05) is 25.1 Å². The van der Waals surface area contributed by atoms with E-state index >= 15 is 0 Å². The van der Waals surface area contributed by atoms with Gasteiger partial charge < -0.3 is 9.73 Å². The van der Waals surface area contributed by atoms with Crippen LogP contribution in [0, 0.1) is 5.92 Å². The van der Waals surface area contributed by atoms with Crippen LogP contribution in [0.4, 0.5) is 0 Å². The highest BCUT2D eigenvalue weighted by atomic mass is 16.3. The summed E-state index contributed by atoms with van der Waals surface area (Å²) in [5.41, 5.74) is 1.00. The summed E-state index contributed by atoms with van der Waals surface area (Å²) in [6.07, 6.45) is 2.60. The number of benzene rings is 1. The number of furan rings is 1. The number of likely N-dealkylation sites (tertiary alicyclic amines) is 1. The van der Waals surface area contributed by atoms with E-state index < -0.39 is 0 Å². The Kier molecular flexibility index (Phi) is 4.38. The van der Waals surface area contributed by atoms with Crippen molar-refractivity contribution in [2.24, 2.45) is 5.92 Å². The molecule has 2 aromatic rings. The van der Waals surface area contributed by atoms with Crippen LogP contribution in [0.1, 0.15) is 25.5 Å². The van der Waals surface area contributed by atoms with E-state index in [0.29, 0.717) is 0 Å². The van der Waals surface area contributed by atoms with Crippen LogP contribution in [0.25, 0.3) is 11.0 Å². The summed E-state index contributed by atoms with van der Waals surface area (Å²) in [4.78, 5) is 2.51. The Hall–Kier alpha value is -1.32. The first-order chi connectivity index (χ1) is 9.85. The normalized spacial score (nSPS) is 17.9. The fraction of sp³-hybridized carbons (Fsp3) is 0.529. The van der Waals surface area contributed by atoms with Crippen molar-refractivity contribution >= 4 is 11.0 Å². The first kappa shape index (κ1) is 13.7. The molecular formula is C17H24N2O. The van der Waals surface area contributed by atoms with Gasteiger partial charge in [-0.25, -0.2) is 0 Å². The molecule has 2 heterocycles. The van der Waals surface area contributed by atoms with E-state index in [9.17, 15) is 0 Å². The van der Waals surface area contributed by atoms with Crippen molar-refractivity contribution < 1.29 is 4.42 Å². The summed E-state index contributed by atoms with van der Waals surface area (Å²) in [6, 6.07) is 10.4. The third-order valence-electron chi connectivity index (χ3n) is 4.25. The van der Waals surface area contributed by atoms with Crippen LogP contribution in [0.5, 0.6) is 0 Å². The first-order valence-corrected chi connectivity index (χ1v) is 7.75. The second-order valence-electron chi connectivity index (χ2n) is 5.78. The number of fused-ring (bicyclic) bond motifs is 1. The number of para-hydroxylation sites is 1. The van der Waals surface area contributed by atoms with Crippen molar-refractivity contribution in [2.45, 2.75) is 26.3 Å². The highest BCUT2D eigenvalue weighted by Crippen LogP contribution is 2.22. The molecule has 3 heteroatoms. The summed E-state index contributed by atoms with van der Waals surface area (Å²) in [5.74, 6) is 1.94. The zero-order chi connectivity index (χ0) is 13.8. The van der Waals surface area contributed by atoms with Gasteiger partial charge in [0.15, 0.2) is 0 Å². The lowest BCUT2D eigenvalue weighted by molar-refractivity contribution is 0.166. The first-order valence-electron chi connectivity index (χ1n) is 7.75. The third-order valence-corrected chi connectivity index (χ3v) is 4.25. The second kappa shape index (κ2) is 6.42. The minimum absolute atomic E-state index is 0.849. The van der Waals surface area contributed by atoms with Crippen molar-refractivity contribution in [3.8, 4) is 0 Å². The molecule has 3 nitrogen and oxygen atoms in total. The zero-order valence-corrected chi connectivity index (χ0v) is 12.3. The molecule has 1 aliphatic rings. The van der Waals surface area contributed by atoms with Crippen molar-refractivity contribution in [3.63, 3.8) is 0 Å². The van der Waals surface area contributed by atoms with E-state index in [1.807, 2.05) is 12.1 Å². The quantitative estimate of drug-likeness (QED) is 0.905. The smallest absolute Gasteiger partial charge is 0.134 e. The van der Waals surface area contributed by atoms with Crippen LogP contribution in [0.3, 0.4) is 0 Å². The largest absolute Gasteiger partial charge is 0.460 e. The fourth-order valence-electron chi connectivity index (χ4n) is 3.03. The Balaban J connectivity index is 1.54. The summed E-state index contributed by atoms with van der Waals surface area (Å²) >= 11 is 0. The number of piperidine rings is 1. The summed E-state index contributed by atoms with van der Waals surface area (Å²) < 4.78 is 5.91. The van der Waals surface area contributed by atoms with E-state index in [4.69, 9.17) is 4.42 Å². The molecular weight excluding hydrogens is 248 g/mol. The number of nitrogens with zero attached hydrogens (tertiary/aromatic N) is 1. The van der Waals surface area contributed by atoms with E-state index in [1.54, 1.807) is 0 Å². The van der Waals surface area contributed by atoms with E-state index in [-0.39, 0.29) is 0 Å². The number of hydrogen-bond donors (Lipinski definition) is 1. The van der Waals surface area contributed by atoms with Gasteiger partial charge in [-0.2, -0.15) is 0 Å². The van der Waals surface area contributed by atoms with Gasteiger partial charge >= 0.3 is 0 Å². The summed E-state index contributed by atoms with van der Waals surface area (Å²) in [5, 5.41) is 4.68. The Bertz CT molecular complexity index is 508. The molecule has 0 atom stereocenters. The molecule has 0 unspecified atom stereocenters. The van der Waals surface area contributed by atoms with Gasteiger partial charge in [0.1, 0.15) is 11.3 Å². The molecule has 0 amide bonds. The van der Waals surface area contributed by atoms with Gasteiger partial charge in [0.25, 0.3) is 0 Å². The summed E-state index contributed by atoms with van der Waals surface area (Å²) in [7, 11) is 0. The molecule has 3 rings (SSSR count). The topological polar surface area (TPSA) is 28.4 Å². The average Bonchev–Trinajstić information content (AvgIpc) is 2.89. The van der Waals surface area contributed by atoms with Gasteiger partial charge in [-0.05, 0) is 57.1 Å². The van der Waals surface area contributed by atoms with Gasteiger partial charge in [0.05, 0.1) is 6.54 Å². The molecule has 0 bridgehead atoms. The lowest BCUT2D eigenvalue weighted by Gasteiger charge is -2.31. The Morgan fingerprint density at radius 1 is 1.25 bits per heavy atom. The lowest BCUT2D eigenvalue weighted by atomic mass is 9.97. The standard InChI is InChI=1S/C17H24N2O/c1-2-18-12-14-7-9-19(10-8-14)13-16-11-15-5-3-4-6-17(15)20-16/h3-6,11,14,18H,2,7-10,12-13H2,1H3. The van der Waals surface area contributed by atoms with Crippen molar-refractivity contribution in [3.05, 3.63) is 36.1 Å². The van der Waals surface area contributed by atoms with Crippen LogP contribution in [-0.4, -0.2) is 31.1 Å². The molecule has 1 aromatic carbocycles. The molecule has 1 aliphatic heterocycles. The zero-order valence-electron chi connectivity index (χ0n) is 12.3. The summed E-state index contributed by atoms with van der Waals surface area (Å²) in [6.45, 7) is 7.76. The number of nitrogens with one attached hydrogen (secondary N) is 1. The van der Waals surface area contributed by atoms with Crippen LogP contribution >= 0.6 is 0 Å². The molecule has 1 fully saturated rings. The maximum Gasteiger partial charge on any atom is 0.134 e. The molecule has 0 spiro atoms. The fourth-order valence-corrected chi connectivity index (χ4v) is 3.03. The Morgan fingerprint density at radius 2 is 2.05 bits per heavy atom. The minimum atomic E-state index is 0.849. The average molecular weight is 272 g/mol. The van der Waals surface area contributed by atoms with Gasteiger partial charge in [-0.15, -0.1) is 0 Å². The Labute approximate surface area is 120 Å². The van der Waals surface area contributed by atoms with Crippen molar-refractivity contribution in [1.29, 1.82) is 0 Å². The Morgan fingerprint density at radius 3 is 2.80 bits per heavy atom. The number of rotatable bonds is 5. The SMILES string of the molecule is CCNCC1CCN(Cc2cc3ccccc3o2)CC1. The van der Waals surface area contributed by atoms with Crippen LogP contribution in [0.15, 0.2) is 34.7 Å². The second-order valence-corrected chi connectivity index (χ2v) is 5.78. The third kappa shape index (κ3) is 3.22. The predicted molar refractivity (Wildman–Crippen MR) is 82.8 cm³/mol. The van der Waals surface area contributed by atoms with E-state index in [0.717, 1.165) is 30.4 Å². The van der Waals surface area contributed by atoms with Crippen molar-refractivity contribution in [2.75, 3.05) is 26.2 Å². The molecule has 0 saturated carbocycles. The monoisotopic (exact) mass is 272 g/mol. The van der Waals surface area contributed by atoms with Crippen molar-refractivity contribution in [1.82, 2.24) is 10.2 Å². The lowest BCUT2D eigenvalue weighted by Crippen LogP contribution is -2.36.